The summed E-state index contributed by atoms with van der Waals surface area (Å²) in [5.41, 5.74) is 4.59. The Morgan fingerprint density at radius 2 is 1.90 bits per heavy atom. The van der Waals surface area contributed by atoms with Crippen molar-refractivity contribution in [3.63, 3.8) is 0 Å². The Labute approximate surface area is 116 Å². The zero-order valence-corrected chi connectivity index (χ0v) is 11.7. The maximum Gasteiger partial charge on any atom is 0.416 e. The molecule has 3 N–H and O–H groups in total. The lowest BCUT2D eigenvalue weighted by molar-refractivity contribution is -0.137. The first-order valence-corrected chi connectivity index (χ1v) is 6.39. The van der Waals surface area contributed by atoms with Crippen molar-refractivity contribution in [3.8, 4) is 0 Å². The lowest BCUT2D eigenvalue weighted by Gasteiger charge is -2.17. The normalized spacial score (nSPS) is 13.3. The fraction of sp³-hybridized carbons (Fsp3) is 0.500. The minimum atomic E-state index is -4.49. The van der Waals surface area contributed by atoms with Crippen LogP contribution in [0.25, 0.3) is 0 Å². The Balaban J connectivity index is 2.92. The van der Waals surface area contributed by atoms with E-state index in [1.807, 2.05) is 20.8 Å². The molecule has 1 rings (SSSR count). The monoisotopic (exact) mass is 288 g/mol. The van der Waals surface area contributed by atoms with Crippen LogP contribution in [0.4, 0.5) is 18.9 Å². The van der Waals surface area contributed by atoms with Crippen LogP contribution < -0.4 is 11.1 Å². The molecule has 6 heteroatoms. The molecule has 20 heavy (non-hydrogen) atoms. The predicted molar refractivity (Wildman–Crippen MR) is 72.2 cm³/mol. The van der Waals surface area contributed by atoms with Crippen molar-refractivity contribution in [1.29, 1.82) is 0 Å². The number of halogens is 3. The summed E-state index contributed by atoms with van der Waals surface area (Å²) in [6.45, 7) is 5.81. The number of carbonyl (C=O) groups excluding carboxylic acids is 1. The van der Waals surface area contributed by atoms with E-state index in [0.717, 1.165) is 24.6 Å². The molecule has 0 spiro atoms. The molecule has 0 aliphatic rings. The SMILES string of the molecule is CC(C)CC(C)NC(=O)c1cc(C(F)(F)F)ccc1N. The molecule has 0 heterocycles. The number of nitrogens with one attached hydrogen (secondary N) is 1. The number of amides is 1. The zero-order chi connectivity index (χ0) is 15.5. The molecule has 0 saturated heterocycles. The topological polar surface area (TPSA) is 55.1 Å². The number of nitrogens with two attached hydrogens (primary N) is 1. The Morgan fingerprint density at radius 3 is 2.40 bits per heavy atom. The van der Waals surface area contributed by atoms with Crippen molar-refractivity contribution >= 4 is 11.6 Å². The average molecular weight is 288 g/mol. The van der Waals surface area contributed by atoms with Crippen molar-refractivity contribution in [2.75, 3.05) is 5.73 Å². The molecular weight excluding hydrogens is 269 g/mol. The van der Waals surface area contributed by atoms with Crippen LogP contribution in [0, 0.1) is 5.92 Å². The van der Waals surface area contributed by atoms with Crippen molar-refractivity contribution in [2.45, 2.75) is 39.4 Å². The highest BCUT2D eigenvalue weighted by atomic mass is 19.4. The van der Waals surface area contributed by atoms with Gasteiger partial charge < -0.3 is 11.1 Å². The first kappa shape index (κ1) is 16.3. The summed E-state index contributed by atoms with van der Waals surface area (Å²) in [6, 6.07) is 2.62. The van der Waals surface area contributed by atoms with Gasteiger partial charge in [0.15, 0.2) is 0 Å². The number of hydrogen-bond donors (Lipinski definition) is 2. The minimum Gasteiger partial charge on any atom is -0.398 e. The lowest BCUT2D eigenvalue weighted by Crippen LogP contribution is -2.34. The number of alkyl halides is 3. The van der Waals surface area contributed by atoms with Crippen LogP contribution in [0.2, 0.25) is 0 Å². The second-order valence-electron chi connectivity index (χ2n) is 5.30. The van der Waals surface area contributed by atoms with Gasteiger partial charge in [0.25, 0.3) is 5.91 Å². The van der Waals surface area contributed by atoms with Gasteiger partial charge in [0, 0.05) is 11.7 Å². The van der Waals surface area contributed by atoms with Gasteiger partial charge in [0.2, 0.25) is 0 Å². The molecule has 0 aliphatic heterocycles. The smallest absolute Gasteiger partial charge is 0.398 e. The summed E-state index contributed by atoms with van der Waals surface area (Å²) >= 11 is 0. The maximum atomic E-state index is 12.6. The van der Waals surface area contributed by atoms with Gasteiger partial charge in [-0.05, 0) is 37.5 Å². The van der Waals surface area contributed by atoms with E-state index in [1.54, 1.807) is 0 Å². The zero-order valence-electron chi connectivity index (χ0n) is 11.7. The summed E-state index contributed by atoms with van der Waals surface area (Å²) < 4.78 is 37.9. The fourth-order valence-corrected chi connectivity index (χ4v) is 2.00. The highest BCUT2D eigenvalue weighted by molar-refractivity contribution is 5.99. The third-order valence-electron chi connectivity index (χ3n) is 2.83. The van der Waals surface area contributed by atoms with Crippen LogP contribution in [-0.4, -0.2) is 11.9 Å². The maximum absolute atomic E-state index is 12.6. The van der Waals surface area contributed by atoms with E-state index in [4.69, 9.17) is 5.73 Å². The Kier molecular flexibility index (Phi) is 5.03. The number of carbonyl (C=O) groups is 1. The summed E-state index contributed by atoms with van der Waals surface area (Å²) in [6.07, 6.45) is -3.75. The van der Waals surface area contributed by atoms with Crippen molar-refractivity contribution in [2.24, 2.45) is 5.92 Å². The van der Waals surface area contributed by atoms with Crippen molar-refractivity contribution in [3.05, 3.63) is 29.3 Å². The number of anilines is 1. The molecule has 0 aliphatic carbocycles. The molecule has 1 atom stereocenters. The minimum absolute atomic E-state index is 0.0345. The second-order valence-corrected chi connectivity index (χ2v) is 5.30. The van der Waals surface area contributed by atoms with E-state index in [0.29, 0.717) is 5.92 Å². The quantitative estimate of drug-likeness (QED) is 0.834. The van der Waals surface area contributed by atoms with Crippen LogP contribution in [0.15, 0.2) is 18.2 Å². The predicted octanol–water partition coefficient (Wildman–Crippen LogP) is 3.45. The molecule has 0 bridgehead atoms. The first-order chi connectivity index (χ1) is 9.11. The number of hydrogen-bond acceptors (Lipinski definition) is 2. The third-order valence-corrected chi connectivity index (χ3v) is 2.83. The van der Waals surface area contributed by atoms with Crippen molar-refractivity contribution in [1.82, 2.24) is 5.32 Å². The van der Waals surface area contributed by atoms with Crippen LogP contribution in [-0.2, 0) is 6.18 Å². The average Bonchev–Trinajstić information content (AvgIpc) is 2.26. The van der Waals surface area contributed by atoms with E-state index < -0.39 is 17.6 Å². The standard InChI is InChI=1S/C14H19F3N2O/c1-8(2)6-9(3)19-13(20)11-7-10(14(15,16)17)4-5-12(11)18/h4-5,7-9H,6,18H2,1-3H3,(H,19,20). The number of nitrogen functional groups attached to an aromatic ring is 1. The largest absolute Gasteiger partial charge is 0.416 e. The molecule has 1 aromatic rings. The van der Waals surface area contributed by atoms with Gasteiger partial charge in [-0.2, -0.15) is 13.2 Å². The second kappa shape index (κ2) is 6.15. The van der Waals surface area contributed by atoms with Crippen LogP contribution in [0.3, 0.4) is 0 Å². The van der Waals surface area contributed by atoms with E-state index in [-0.39, 0.29) is 17.3 Å². The molecule has 1 aromatic carbocycles. The Morgan fingerprint density at radius 1 is 1.30 bits per heavy atom. The molecule has 1 amide bonds. The van der Waals surface area contributed by atoms with Gasteiger partial charge in [-0.25, -0.2) is 0 Å². The summed E-state index contributed by atoms with van der Waals surface area (Å²) in [7, 11) is 0. The van der Waals surface area contributed by atoms with Crippen LogP contribution in [0.1, 0.15) is 43.1 Å². The highest BCUT2D eigenvalue weighted by Gasteiger charge is 2.31. The molecule has 3 nitrogen and oxygen atoms in total. The van der Waals surface area contributed by atoms with E-state index in [1.165, 1.54) is 0 Å². The van der Waals surface area contributed by atoms with Gasteiger partial charge in [-0.15, -0.1) is 0 Å². The van der Waals surface area contributed by atoms with E-state index in [2.05, 4.69) is 5.32 Å². The number of rotatable bonds is 4. The van der Waals surface area contributed by atoms with Gasteiger partial charge >= 0.3 is 6.18 Å². The number of benzene rings is 1. The molecule has 0 aromatic heterocycles. The van der Waals surface area contributed by atoms with E-state index >= 15 is 0 Å². The molecule has 112 valence electrons. The molecular formula is C14H19F3N2O. The molecule has 0 radical (unpaired) electrons. The van der Waals surface area contributed by atoms with Crippen LogP contribution in [0.5, 0.6) is 0 Å². The lowest BCUT2D eigenvalue weighted by atomic mass is 10.0. The summed E-state index contributed by atoms with van der Waals surface area (Å²) in [5, 5.41) is 2.66. The third kappa shape index (κ3) is 4.43. The Hall–Kier alpha value is -1.72. The Bertz CT molecular complexity index is 484. The molecule has 1 unspecified atom stereocenters. The van der Waals surface area contributed by atoms with Crippen molar-refractivity contribution < 1.29 is 18.0 Å². The molecule has 0 saturated carbocycles. The van der Waals surface area contributed by atoms with Crippen LogP contribution >= 0.6 is 0 Å². The van der Waals surface area contributed by atoms with E-state index in [9.17, 15) is 18.0 Å². The fourth-order valence-electron chi connectivity index (χ4n) is 2.00. The van der Waals surface area contributed by atoms with Gasteiger partial charge in [0.05, 0.1) is 11.1 Å². The first-order valence-electron chi connectivity index (χ1n) is 6.39. The summed E-state index contributed by atoms with van der Waals surface area (Å²) in [4.78, 5) is 12.0. The summed E-state index contributed by atoms with van der Waals surface area (Å²) in [5.74, 6) is -0.203. The van der Waals surface area contributed by atoms with Gasteiger partial charge in [-0.3, -0.25) is 4.79 Å². The molecule has 0 fully saturated rings. The van der Waals surface area contributed by atoms with Gasteiger partial charge in [-0.1, -0.05) is 13.8 Å². The highest BCUT2D eigenvalue weighted by Crippen LogP contribution is 2.31. The van der Waals surface area contributed by atoms with Gasteiger partial charge in [0.1, 0.15) is 0 Å².